The van der Waals surface area contributed by atoms with Crippen LogP contribution in [0.25, 0.3) is 75.5 Å². The van der Waals surface area contributed by atoms with Crippen LogP contribution in [0, 0.1) is 0 Å². The standard InChI is InChI=1S/C58H43NS/c1-57(2)49-16-9-7-14-44(49)46-30-24-40(33-51(46)57)36-20-26-42(27-21-36)59(53-18-11-19-54-56(53)48-32-38-12-5-6-13-39(38)35-55(48)60-54)43-28-22-37(23-29-43)41-25-31-47-45-15-8-10-17-50(45)58(3,4)52(47)34-41/h5-35H,1-4H3. The Kier molecular flexibility index (Phi) is 7.56. The van der Waals surface area contributed by atoms with Crippen molar-refractivity contribution in [1.82, 2.24) is 0 Å². The summed E-state index contributed by atoms with van der Waals surface area (Å²) in [5, 5.41) is 5.13. The van der Waals surface area contributed by atoms with E-state index in [4.69, 9.17) is 0 Å². The second-order valence-electron chi connectivity index (χ2n) is 17.7. The second kappa shape index (κ2) is 12.9. The van der Waals surface area contributed by atoms with Gasteiger partial charge in [-0.2, -0.15) is 0 Å². The van der Waals surface area contributed by atoms with Crippen molar-refractivity contribution in [2.24, 2.45) is 0 Å². The van der Waals surface area contributed by atoms with Crippen LogP contribution in [0.3, 0.4) is 0 Å². The first-order valence-corrected chi connectivity index (χ1v) is 21.9. The van der Waals surface area contributed by atoms with E-state index in [9.17, 15) is 0 Å². The lowest BCUT2D eigenvalue weighted by atomic mass is 9.81. The van der Waals surface area contributed by atoms with E-state index in [1.165, 1.54) is 103 Å². The third-order valence-electron chi connectivity index (χ3n) is 13.7. The van der Waals surface area contributed by atoms with E-state index in [-0.39, 0.29) is 10.8 Å². The Morgan fingerprint density at radius 3 is 1.38 bits per heavy atom. The van der Waals surface area contributed by atoms with Gasteiger partial charge in [0.1, 0.15) is 0 Å². The van der Waals surface area contributed by atoms with E-state index in [1.807, 2.05) is 11.3 Å². The number of thiophene rings is 1. The van der Waals surface area contributed by atoms with Crippen LogP contribution in [0.1, 0.15) is 49.9 Å². The van der Waals surface area contributed by atoms with Gasteiger partial charge in [-0.15, -0.1) is 11.3 Å². The molecule has 0 N–H and O–H groups in total. The van der Waals surface area contributed by atoms with E-state index in [2.05, 4.69) is 221 Å². The molecular formula is C58H43NS. The van der Waals surface area contributed by atoms with Gasteiger partial charge in [-0.3, -0.25) is 0 Å². The minimum Gasteiger partial charge on any atom is -0.310 e. The van der Waals surface area contributed by atoms with Crippen LogP contribution in [0.5, 0.6) is 0 Å². The molecule has 0 spiro atoms. The summed E-state index contributed by atoms with van der Waals surface area (Å²) in [6.45, 7) is 9.43. The van der Waals surface area contributed by atoms with Gasteiger partial charge in [0.2, 0.25) is 0 Å². The zero-order chi connectivity index (χ0) is 40.3. The van der Waals surface area contributed by atoms with E-state index < -0.39 is 0 Å². The summed E-state index contributed by atoms with van der Waals surface area (Å²) in [5.74, 6) is 0. The van der Waals surface area contributed by atoms with Gasteiger partial charge >= 0.3 is 0 Å². The van der Waals surface area contributed by atoms with Crippen molar-refractivity contribution < 1.29 is 0 Å². The first-order chi connectivity index (χ1) is 29.2. The molecule has 0 aliphatic heterocycles. The molecule has 0 atom stereocenters. The molecule has 2 heteroatoms. The van der Waals surface area contributed by atoms with Crippen LogP contribution >= 0.6 is 11.3 Å². The Bertz CT molecular complexity index is 3210. The molecule has 1 heterocycles. The number of benzene rings is 9. The molecule has 9 aromatic carbocycles. The quantitative estimate of drug-likeness (QED) is 0.168. The number of nitrogens with zero attached hydrogens (tertiary/aromatic N) is 1. The molecule has 0 radical (unpaired) electrons. The van der Waals surface area contributed by atoms with Crippen molar-refractivity contribution in [3.8, 4) is 44.5 Å². The lowest BCUT2D eigenvalue weighted by Crippen LogP contribution is -2.14. The Morgan fingerprint density at radius 2 is 0.833 bits per heavy atom. The highest BCUT2D eigenvalue weighted by atomic mass is 32.1. The first-order valence-electron chi connectivity index (χ1n) is 21.1. The van der Waals surface area contributed by atoms with E-state index in [0.29, 0.717) is 0 Å². The van der Waals surface area contributed by atoms with Crippen molar-refractivity contribution in [1.29, 1.82) is 0 Å². The summed E-state index contributed by atoms with van der Waals surface area (Å²) in [5.41, 5.74) is 19.3. The molecule has 1 aromatic heterocycles. The maximum absolute atomic E-state index is 2.46. The highest BCUT2D eigenvalue weighted by Crippen LogP contribution is 2.52. The lowest BCUT2D eigenvalue weighted by Gasteiger charge is -2.27. The number of anilines is 3. The number of rotatable bonds is 5. The fourth-order valence-corrected chi connectivity index (χ4v) is 11.6. The Balaban J connectivity index is 0.976. The number of fused-ring (bicyclic) bond motifs is 10. The van der Waals surface area contributed by atoms with Gasteiger partial charge in [0.25, 0.3) is 0 Å². The van der Waals surface area contributed by atoms with Crippen molar-refractivity contribution in [2.45, 2.75) is 38.5 Å². The van der Waals surface area contributed by atoms with Crippen LogP contribution < -0.4 is 4.90 Å². The van der Waals surface area contributed by atoms with Crippen molar-refractivity contribution in [3.63, 3.8) is 0 Å². The van der Waals surface area contributed by atoms with Crippen molar-refractivity contribution in [3.05, 3.63) is 210 Å². The molecule has 2 aliphatic carbocycles. The Hall–Kier alpha value is -6.74. The molecule has 2 aliphatic rings. The fraction of sp³-hybridized carbons (Fsp3) is 0.103. The van der Waals surface area contributed by atoms with Gasteiger partial charge in [-0.1, -0.05) is 155 Å². The Morgan fingerprint density at radius 1 is 0.367 bits per heavy atom. The SMILES string of the molecule is CC1(C)c2ccccc2-c2ccc(-c3ccc(N(c4ccc(-c5ccc6c(c5)C(C)(C)c5ccccc5-6)cc4)c4cccc5sc6cc7ccccc7cc6c45)cc3)cc21. The summed E-state index contributed by atoms with van der Waals surface area (Å²) in [4.78, 5) is 2.46. The highest BCUT2D eigenvalue weighted by Gasteiger charge is 2.36. The van der Waals surface area contributed by atoms with Crippen molar-refractivity contribution in [2.75, 3.05) is 4.90 Å². The normalized spacial score (nSPS) is 14.3. The van der Waals surface area contributed by atoms with E-state index in [1.54, 1.807) is 0 Å². The molecule has 0 unspecified atom stereocenters. The minimum absolute atomic E-state index is 0.0425. The maximum Gasteiger partial charge on any atom is 0.0554 e. The number of hydrogen-bond donors (Lipinski definition) is 0. The van der Waals surface area contributed by atoms with Gasteiger partial charge in [-0.25, -0.2) is 0 Å². The van der Waals surface area contributed by atoms with Crippen LogP contribution in [-0.4, -0.2) is 0 Å². The summed E-state index contributed by atoms with van der Waals surface area (Å²) in [7, 11) is 0. The van der Waals surface area contributed by atoms with Gasteiger partial charge in [0.15, 0.2) is 0 Å². The van der Waals surface area contributed by atoms with Gasteiger partial charge in [0, 0.05) is 42.4 Å². The predicted octanol–water partition coefficient (Wildman–Crippen LogP) is 16.6. The van der Waals surface area contributed by atoms with Gasteiger partial charge in [0.05, 0.1) is 5.69 Å². The molecule has 0 fully saturated rings. The maximum atomic E-state index is 2.46. The van der Waals surface area contributed by atoms with E-state index in [0.717, 1.165) is 11.4 Å². The summed E-state index contributed by atoms with van der Waals surface area (Å²) < 4.78 is 2.60. The number of hydrogen-bond acceptors (Lipinski definition) is 2. The minimum atomic E-state index is -0.0425. The molecule has 60 heavy (non-hydrogen) atoms. The summed E-state index contributed by atoms with van der Waals surface area (Å²) in [6, 6.07) is 70.5. The monoisotopic (exact) mass is 785 g/mol. The Labute approximate surface area is 355 Å². The second-order valence-corrected chi connectivity index (χ2v) is 18.8. The zero-order valence-electron chi connectivity index (χ0n) is 34.3. The average molecular weight is 786 g/mol. The predicted molar refractivity (Wildman–Crippen MR) is 258 cm³/mol. The van der Waals surface area contributed by atoms with Crippen LogP contribution in [0.4, 0.5) is 17.1 Å². The van der Waals surface area contributed by atoms with Gasteiger partial charge < -0.3 is 4.90 Å². The third-order valence-corrected chi connectivity index (χ3v) is 14.8. The first kappa shape index (κ1) is 35.2. The molecule has 0 saturated heterocycles. The zero-order valence-corrected chi connectivity index (χ0v) is 35.1. The average Bonchev–Trinajstić information content (AvgIpc) is 3.85. The highest BCUT2D eigenvalue weighted by molar-refractivity contribution is 7.26. The molecular weight excluding hydrogens is 743 g/mol. The molecule has 0 amide bonds. The molecule has 12 rings (SSSR count). The molecule has 0 bridgehead atoms. The van der Waals surface area contributed by atoms with Crippen molar-refractivity contribution >= 4 is 59.3 Å². The van der Waals surface area contributed by atoms with Crippen LogP contribution in [0.2, 0.25) is 0 Å². The molecule has 0 saturated carbocycles. The molecule has 1 nitrogen and oxygen atoms in total. The van der Waals surface area contributed by atoms with Crippen LogP contribution in [-0.2, 0) is 10.8 Å². The van der Waals surface area contributed by atoms with Crippen LogP contribution in [0.15, 0.2) is 188 Å². The van der Waals surface area contributed by atoms with Gasteiger partial charge in [-0.05, 0) is 138 Å². The van der Waals surface area contributed by atoms with E-state index >= 15 is 0 Å². The topological polar surface area (TPSA) is 3.24 Å². The fourth-order valence-electron chi connectivity index (χ4n) is 10.5. The molecule has 10 aromatic rings. The lowest BCUT2D eigenvalue weighted by molar-refractivity contribution is 0.660. The molecule has 286 valence electrons. The summed E-state index contributed by atoms with van der Waals surface area (Å²) in [6.07, 6.45) is 0. The largest absolute Gasteiger partial charge is 0.310 e. The summed E-state index contributed by atoms with van der Waals surface area (Å²) >= 11 is 1.88. The smallest absolute Gasteiger partial charge is 0.0554 e. The third kappa shape index (κ3) is 5.17.